The molecule has 1 aliphatic rings. The van der Waals surface area contributed by atoms with Crippen LogP contribution in [-0.2, 0) is 17.9 Å². The Hall–Kier alpha value is -2.16. The van der Waals surface area contributed by atoms with Crippen molar-refractivity contribution in [3.8, 4) is 11.5 Å². The standard InChI is InChI=1S/C25H17BrCl3NO4S/c1-33-21-10-16(9-20(29)23(21)34-13-14-2-5-17(26)6-3-14)11-22-24(31)30(25(32)35-22)12-15-4-7-18(27)19(28)8-15/h2-11H,12-13H2,1H3/b22-11-. The summed E-state index contributed by atoms with van der Waals surface area (Å²) in [6, 6.07) is 16.1. The number of benzene rings is 3. The molecule has 0 aromatic heterocycles. The van der Waals surface area contributed by atoms with Gasteiger partial charge in [0.2, 0.25) is 0 Å². The predicted molar refractivity (Wildman–Crippen MR) is 144 cm³/mol. The Morgan fingerprint density at radius 3 is 2.34 bits per heavy atom. The van der Waals surface area contributed by atoms with E-state index in [-0.39, 0.29) is 16.7 Å². The van der Waals surface area contributed by atoms with Crippen molar-refractivity contribution in [2.24, 2.45) is 0 Å². The zero-order valence-corrected chi connectivity index (χ0v) is 22.9. The number of thioether (sulfide) groups is 1. The minimum absolute atomic E-state index is 0.0891. The van der Waals surface area contributed by atoms with E-state index in [9.17, 15) is 9.59 Å². The van der Waals surface area contributed by atoms with Crippen LogP contribution in [0.2, 0.25) is 15.1 Å². The Labute approximate surface area is 230 Å². The molecule has 180 valence electrons. The molecule has 5 nitrogen and oxygen atoms in total. The molecule has 0 aliphatic carbocycles. The van der Waals surface area contributed by atoms with Gasteiger partial charge in [0.15, 0.2) is 11.5 Å². The van der Waals surface area contributed by atoms with Crippen LogP contribution in [0, 0.1) is 0 Å². The topological polar surface area (TPSA) is 55.8 Å². The van der Waals surface area contributed by atoms with E-state index in [0.29, 0.717) is 44.3 Å². The highest BCUT2D eigenvalue weighted by molar-refractivity contribution is 9.10. The zero-order chi connectivity index (χ0) is 25.1. The van der Waals surface area contributed by atoms with Crippen LogP contribution in [0.25, 0.3) is 6.08 Å². The number of rotatable bonds is 7. The molecule has 0 radical (unpaired) electrons. The first kappa shape index (κ1) is 25.9. The highest BCUT2D eigenvalue weighted by Gasteiger charge is 2.35. The summed E-state index contributed by atoms with van der Waals surface area (Å²) >= 11 is 22.7. The molecule has 0 unspecified atom stereocenters. The van der Waals surface area contributed by atoms with Crippen LogP contribution in [0.3, 0.4) is 0 Å². The van der Waals surface area contributed by atoms with Crippen LogP contribution in [0.4, 0.5) is 4.79 Å². The summed E-state index contributed by atoms with van der Waals surface area (Å²) in [5.41, 5.74) is 2.26. The van der Waals surface area contributed by atoms with Gasteiger partial charge in [0, 0.05) is 4.47 Å². The number of imide groups is 1. The minimum Gasteiger partial charge on any atom is -0.493 e. The molecule has 4 rings (SSSR count). The Morgan fingerprint density at radius 2 is 1.66 bits per heavy atom. The van der Waals surface area contributed by atoms with Crippen molar-refractivity contribution in [3.63, 3.8) is 0 Å². The molecular formula is C25H17BrCl3NO4S. The lowest BCUT2D eigenvalue weighted by Crippen LogP contribution is -2.27. The molecule has 1 heterocycles. The molecule has 10 heteroatoms. The maximum absolute atomic E-state index is 12.9. The van der Waals surface area contributed by atoms with Crippen molar-refractivity contribution in [3.05, 3.63) is 95.7 Å². The number of carbonyl (C=O) groups is 2. The number of hydrogen-bond acceptors (Lipinski definition) is 5. The summed E-state index contributed by atoms with van der Waals surface area (Å²) in [6.07, 6.45) is 1.60. The second-order valence-corrected chi connectivity index (χ2v) is 10.6. The van der Waals surface area contributed by atoms with E-state index in [1.165, 1.54) is 7.11 Å². The molecule has 2 amide bonds. The van der Waals surface area contributed by atoms with Crippen molar-refractivity contribution in [2.45, 2.75) is 13.2 Å². The van der Waals surface area contributed by atoms with Gasteiger partial charge in [-0.2, -0.15) is 0 Å². The molecular weight excluding hydrogens is 597 g/mol. The highest BCUT2D eigenvalue weighted by Crippen LogP contribution is 2.39. The fraction of sp³-hybridized carbons (Fsp3) is 0.120. The fourth-order valence-electron chi connectivity index (χ4n) is 3.31. The van der Waals surface area contributed by atoms with Crippen molar-refractivity contribution in [1.29, 1.82) is 0 Å². The summed E-state index contributed by atoms with van der Waals surface area (Å²) in [5.74, 6) is 0.398. The van der Waals surface area contributed by atoms with E-state index in [2.05, 4.69) is 15.9 Å². The summed E-state index contributed by atoms with van der Waals surface area (Å²) in [5, 5.41) is 0.706. The molecule has 1 fully saturated rings. The molecule has 0 atom stereocenters. The average Bonchev–Trinajstić information content (AvgIpc) is 3.08. The van der Waals surface area contributed by atoms with Crippen LogP contribution in [0.5, 0.6) is 11.5 Å². The molecule has 3 aromatic rings. The first-order chi connectivity index (χ1) is 16.7. The van der Waals surface area contributed by atoms with E-state index in [1.54, 1.807) is 36.4 Å². The molecule has 3 aromatic carbocycles. The van der Waals surface area contributed by atoms with Gasteiger partial charge in [0.25, 0.3) is 11.1 Å². The van der Waals surface area contributed by atoms with Gasteiger partial charge in [-0.1, -0.05) is 68.9 Å². The van der Waals surface area contributed by atoms with Gasteiger partial charge in [-0.25, -0.2) is 0 Å². The number of hydrogen-bond donors (Lipinski definition) is 0. The van der Waals surface area contributed by atoms with E-state index in [1.807, 2.05) is 24.3 Å². The van der Waals surface area contributed by atoms with E-state index in [0.717, 1.165) is 26.7 Å². The summed E-state index contributed by atoms with van der Waals surface area (Å²) < 4.78 is 12.3. The van der Waals surface area contributed by atoms with Crippen molar-refractivity contribution >= 4 is 79.7 Å². The molecule has 0 N–H and O–H groups in total. The minimum atomic E-state index is -0.406. The lowest BCUT2D eigenvalue weighted by atomic mass is 10.1. The third-order valence-corrected chi connectivity index (χ3v) is 7.50. The largest absolute Gasteiger partial charge is 0.493 e. The normalized spacial score (nSPS) is 14.7. The van der Waals surface area contributed by atoms with Crippen molar-refractivity contribution < 1.29 is 19.1 Å². The van der Waals surface area contributed by atoms with Crippen LogP contribution in [0.1, 0.15) is 16.7 Å². The van der Waals surface area contributed by atoms with Crippen molar-refractivity contribution in [1.82, 2.24) is 4.90 Å². The van der Waals surface area contributed by atoms with Gasteiger partial charge >= 0.3 is 0 Å². The van der Waals surface area contributed by atoms with Gasteiger partial charge < -0.3 is 9.47 Å². The smallest absolute Gasteiger partial charge is 0.293 e. The number of ether oxygens (including phenoxy) is 2. The zero-order valence-electron chi connectivity index (χ0n) is 18.2. The Kier molecular flexibility index (Phi) is 8.34. The van der Waals surface area contributed by atoms with E-state index >= 15 is 0 Å². The molecule has 35 heavy (non-hydrogen) atoms. The average molecular weight is 614 g/mol. The maximum atomic E-state index is 12.9. The lowest BCUT2D eigenvalue weighted by molar-refractivity contribution is -0.123. The third kappa shape index (κ3) is 6.16. The Morgan fingerprint density at radius 1 is 0.943 bits per heavy atom. The van der Waals surface area contributed by atoms with Gasteiger partial charge in [-0.15, -0.1) is 0 Å². The molecule has 0 bridgehead atoms. The van der Waals surface area contributed by atoms with Gasteiger partial charge in [0.05, 0.1) is 33.6 Å². The number of amides is 2. The monoisotopic (exact) mass is 611 g/mol. The Balaban J connectivity index is 1.52. The van der Waals surface area contributed by atoms with E-state index in [4.69, 9.17) is 44.3 Å². The maximum Gasteiger partial charge on any atom is 0.293 e. The van der Waals surface area contributed by atoms with Crippen LogP contribution < -0.4 is 9.47 Å². The first-order valence-corrected chi connectivity index (χ1v) is 12.9. The van der Waals surface area contributed by atoms with Crippen LogP contribution >= 0.6 is 62.5 Å². The first-order valence-electron chi connectivity index (χ1n) is 10.2. The molecule has 0 saturated carbocycles. The number of methoxy groups -OCH3 is 1. The number of carbonyl (C=O) groups excluding carboxylic acids is 2. The van der Waals surface area contributed by atoms with Crippen LogP contribution in [-0.4, -0.2) is 23.2 Å². The van der Waals surface area contributed by atoms with Gasteiger partial charge in [0.1, 0.15) is 6.61 Å². The molecule has 0 spiro atoms. The fourth-order valence-corrected chi connectivity index (χ4v) is 5.00. The number of nitrogens with zero attached hydrogens (tertiary/aromatic N) is 1. The second-order valence-electron chi connectivity index (χ2n) is 7.47. The molecule has 1 saturated heterocycles. The second kappa shape index (κ2) is 11.3. The quantitative estimate of drug-likeness (QED) is 0.251. The van der Waals surface area contributed by atoms with Crippen LogP contribution in [0.15, 0.2) is 64.0 Å². The highest BCUT2D eigenvalue weighted by atomic mass is 79.9. The summed E-state index contributed by atoms with van der Waals surface area (Å²) in [6.45, 7) is 0.391. The van der Waals surface area contributed by atoms with E-state index < -0.39 is 5.91 Å². The SMILES string of the molecule is COc1cc(/C=C2\SC(=O)N(Cc3ccc(Cl)c(Cl)c3)C2=O)cc(Cl)c1OCc1ccc(Br)cc1. The summed E-state index contributed by atoms with van der Waals surface area (Å²) in [4.78, 5) is 26.9. The Bertz CT molecular complexity index is 1330. The third-order valence-electron chi connectivity index (χ3n) is 5.04. The number of halogens is 4. The van der Waals surface area contributed by atoms with Crippen molar-refractivity contribution in [2.75, 3.05) is 7.11 Å². The predicted octanol–water partition coefficient (Wildman–Crippen LogP) is 8.23. The summed E-state index contributed by atoms with van der Waals surface area (Å²) in [7, 11) is 1.51. The van der Waals surface area contributed by atoms with Gasteiger partial charge in [-0.3, -0.25) is 14.5 Å². The lowest BCUT2D eigenvalue weighted by Gasteiger charge is -2.14. The van der Waals surface area contributed by atoms with Gasteiger partial charge in [-0.05, 0) is 70.9 Å². The molecule has 1 aliphatic heterocycles.